The van der Waals surface area contributed by atoms with Crippen molar-refractivity contribution in [2.24, 2.45) is 5.73 Å². The van der Waals surface area contributed by atoms with E-state index < -0.39 is 0 Å². The summed E-state index contributed by atoms with van der Waals surface area (Å²) in [5.41, 5.74) is 11.6. The number of carbonyl (C=O) groups excluding carboxylic acids is 2. The Balaban J connectivity index is 1.51. The highest BCUT2D eigenvalue weighted by molar-refractivity contribution is 5.96. The molecule has 3 N–H and O–H groups in total. The van der Waals surface area contributed by atoms with Crippen molar-refractivity contribution in [3.63, 3.8) is 0 Å². The van der Waals surface area contributed by atoms with Crippen LogP contribution in [-0.4, -0.2) is 48.7 Å². The van der Waals surface area contributed by atoms with E-state index >= 15 is 0 Å². The first kappa shape index (κ1) is 29.8. The van der Waals surface area contributed by atoms with Crippen molar-refractivity contribution < 1.29 is 9.59 Å². The molecule has 7 nitrogen and oxygen atoms in total. The van der Waals surface area contributed by atoms with Crippen molar-refractivity contribution in [1.82, 2.24) is 4.90 Å². The molecular weight excluding hydrogens is 510 g/mol. The standard InChI is InChI=1S/C34H43N5O2/c1-3-20-37(21-4-2)33(41)25-38(24-27-9-6-5-7-10-27)30-17-18-31-29(23-30)11-8-22-39(31)32(40)19-14-26-12-15-28(16-13-26)34(35)36/h5-7,9-10,12-13,15-18,23H,3-4,8,11,14,19-22,24-25H2,1-2H3,(H3,35,36). The third kappa shape index (κ3) is 7.97. The molecule has 0 unspecified atom stereocenters. The molecule has 1 heterocycles. The normalized spacial score (nSPS) is 12.5. The van der Waals surface area contributed by atoms with E-state index in [0.717, 1.165) is 66.8 Å². The third-order valence-corrected chi connectivity index (χ3v) is 7.62. The first-order chi connectivity index (χ1) is 19.9. The van der Waals surface area contributed by atoms with Gasteiger partial charge in [-0.15, -0.1) is 0 Å². The van der Waals surface area contributed by atoms with E-state index in [2.05, 4.69) is 49.1 Å². The number of benzene rings is 3. The minimum Gasteiger partial charge on any atom is -0.384 e. The van der Waals surface area contributed by atoms with Gasteiger partial charge in [-0.1, -0.05) is 68.4 Å². The summed E-state index contributed by atoms with van der Waals surface area (Å²) in [5.74, 6) is 0.304. The Morgan fingerprint density at radius 2 is 1.63 bits per heavy atom. The van der Waals surface area contributed by atoms with Gasteiger partial charge in [0.25, 0.3) is 0 Å². The van der Waals surface area contributed by atoms with Crippen molar-refractivity contribution in [2.45, 2.75) is 58.9 Å². The summed E-state index contributed by atoms with van der Waals surface area (Å²) in [6, 6.07) is 24.1. The number of anilines is 2. The first-order valence-corrected chi connectivity index (χ1v) is 14.8. The summed E-state index contributed by atoms with van der Waals surface area (Å²) < 4.78 is 0. The highest BCUT2D eigenvalue weighted by Crippen LogP contribution is 2.32. The lowest BCUT2D eigenvalue weighted by Gasteiger charge is -2.33. The van der Waals surface area contributed by atoms with E-state index in [1.165, 1.54) is 0 Å². The minimum atomic E-state index is 0.0443. The number of rotatable bonds is 13. The lowest BCUT2D eigenvalue weighted by molar-refractivity contribution is -0.129. The number of aryl methyl sites for hydroxylation is 2. The van der Waals surface area contributed by atoms with E-state index in [4.69, 9.17) is 11.1 Å². The van der Waals surface area contributed by atoms with E-state index in [-0.39, 0.29) is 17.6 Å². The van der Waals surface area contributed by atoms with Crippen molar-refractivity contribution in [2.75, 3.05) is 36.0 Å². The largest absolute Gasteiger partial charge is 0.384 e. The predicted octanol–water partition coefficient (Wildman–Crippen LogP) is 5.54. The Morgan fingerprint density at radius 3 is 2.29 bits per heavy atom. The molecule has 0 aromatic heterocycles. The average Bonchev–Trinajstić information content (AvgIpc) is 2.99. The Morgan fingerprint density at radius 1 is 0.927 bits per heavy atom. The summed E-state index contributed by atoms with van der Waals surface area (Å²) in [5, 5.41) is 7.56. The summed E-state index contributed by atoms with van der Waals surface area (Å²) in [6.07, 6.45) is 4.76. The fraction of sp³-hybridized carbons (Fsp3) is 0.382. The van der Waals surface area contributed by atoms with Gasteiger partial charge in [0.05, 0.1) is 6.54 Å². The summed E-state index contributed by atoms with van der Waals surface area (Å²) in [7, 11) is 0. The smallest absolute Gasteiger partial charge is 0.242 e. The van der Waals surface area contributed by atoms with Gasteiger partial charge in [-0.25, -0.2) is 0 Å². The molecule has 0 fully saturated rings. The van der Waals surface area contributed by atoms with Gasteiger partial charge < -0.3 is 20.4 Å². The molecule has 3 aromatic carbocycles. The van der Waals surface area contributed by atoms with Crippen LogP contribution >= 0.6 is 0 Å². The number of hydrogen-bond acceptors (Lipinski definition) is 4. The second-order valence-corrected chi connectivity index (χ2v) is 10.8. The fourth-order valence-electron chi connectivity index (χ4n) is 5.48. The molecular formula is C34H43N5O2. The zero-order chi connectivity index (χ0) is 29.2. The predicted molar refractivity (Wildman–Crippen MR) is 168 cm³/mol. The van der Waals surface area contributed by atoms with Crippen LogP contribution in [-0.2, 0) is 29.0 Å². The van der Waals surface area contributed by atoms with Gasteiger partial charge in [0.1, 0.15) is 5.84 Å². The number of hydrogen-bond donors (Lipinski definition) is 2. The van der Waals surface area contributed by atoms with Crippen molar-refractivity contribution in [3.05, 3.63) is 95.1 Å². The number of nitrogen functional groups attached to an aromatic ring is 1. The molecule has 7 heteroatoms. The zero-order valence-corrected chi connectivity index (χ0v) is 24.4. The van der Waals surface area contributed by atoms with Crippen molar-refractivity contribution in [3.8, 4) is 0 Å². The van der Waals surface area contributed by atoms with Crippen LogP contribution in [0.3, 0.4) is 0 Å². The van der Waals surface area contributed by atoms with Crippen LogP contribution in [0.15, 0.2) is 72.8 Å². The van der Waals surface area contributed by atoms with Crippen LogP contribution < -0.4 is 15.5 Å². The van der Waals surface area contributed by atoms with Crippen LogP contribution in [0.1, 0.15) is 61.8 Å². The van der Waals surface area contributed by atoms with Crippen molar-refractivity contribution in [1.29, 1.82) is 5.41 Å². The lowest BCUT2D eigenvalue weighted by Crippen LogP contribution is -2.41. The van der Waals surface area contributed by atoms with Gasteiger partial charge in [-0.2, -0.15) is 0 Å². The fourth-order valence-corrected chi connectivity index (χ4v) is 5.48. The SMILES string of the molecule is CCCN(CCC)C(=O)CN(Cc1ccccc1)c1ccc2c(c1)CCCN2C(=O)CCc1ccc(C(=N)N)cc1. The monoisotopic (exact) mass is 553 g/mol. The number of nitrogens with one attached hydrogen (secondary N) is 1. The molecule has 0 spiro atoms. The van der Waals surface area contributed by atoms with Crippen molar-refractivity contribution >= 4 is 29.0 Å². The van der Waals surface area contributed by atoms with E-state index in [1.807, 2.05) is 52.3 Å². The van der Waals surface area contributed by atoms with Crippen LogP contribution in [0.2, 0.25) is 0 Å². The highest BCUT2D eigenvalue weighted by atomic mass is 16.2. The number of nitrogens with two attached hydrogens (primary N) is 1. The summed E-state index contributed by atoms with van der Waals surface area (Å²) >= 11 is 0. The van der Waals surface area contributed by atoms with E-state index in [0.29, 0.717) is 38.0 Å². The molecule has 0 saturated carbocycles. The molecule has 0 bridgehead atoms. The van der Waals surface area contributed by atoms with Gasteiger partial charge in [-0.05, 0) is 67.0 Å². The van der Waals surface area contributed by atoms with Crippen LogP contribution in [0.25, 0.3) is 0 Å². The molecule has 1 aliphatic heterocycles. The second kappa shape index (κ2) is 14.5. The third-order valence-electron chi connectivity index (χ3n) is 7.62. The first-order valence-electron chi connectivity index (χ1n) is 14.8. The van der Waals surface area contributed by atoms with Gasteiger partial charge in [-0.3, -0.25) is 15.0 Å². The number of carbonyl (C=O) groups is 2. The quantitative estimate of drug-likeness (QED) is 0.215. The molecule has 0 atom stereocenters. The second-order valence-electron chi connectivity index (χ2n) is 10.8. The Labute approximate surface area is 244 Å². The molecule has 0 aliphatic carbocycles. The topological polar surface area (TPSA) is 93.7 Å². The average molecular weight is 554 g/mol. The molecule has 0 saturated heterocycles. The number of nitrogens with zero attached hydrogens (tertiary/aromatic N) is 3. The molecule has 3 aromatic rings. The molecule has 216 valence electrons. The van der Waals surface area contributed by atoms with Gasteiger partial charge in [0.2, 0.25) is 11.8 Å². The summed E-state index contributed by atoms with van der Waals surface area (Å²) in [6.45, 7) is 7.43. The lowest BCUT2D eigenvalue weighted by atomic mass is 9.99. The Hall–Kier alpha value is -4.13. The molecule has 2 amide bonds. The highest BCUT2D eigenvalue weighted by Gasteiger charge is 2.24. The Bertz CT molecular complexity index is 1320. The molecule has 1 aliphatic rings. The summed E-state index contributed by atoms with van der Waals surface area (Å²) in [4.78, 5) is 32.8. The number of fused-ring (bicyclic) bond motifs is 1. The number of amidine groups is 1. The maximum absolute atomic E-state index is 13.4. The van der Waals surface area contributed by atoms with Crippen LogP contribution in [0.5, 0.6) is 0 Å². The Kier molecular flexibility index (Phi) is 10.5. The number of amides is 2. The molecule has 4 rings (SSSR count). The molecule has 41 heavy (non-hydrogen) atoms. The maximum atomic E-state index is 13.4. The van der Waals surface area contributed by atoms with Gasteiger partial charge in [0.15, 0.2) is 0 Å². The zero-order valence-electron chi connectivity index (χ0n) is 24.4. The van der Waals surface area contributed by atoms with Crippen LogP contribution in [0.4, 0.5) is 11.4 Å². The van der Waals surface area contributed by atoms with E-state index in [9.17, 15) is 9.59 Å². The van der Waals surface area contributed by atoms with Gasteiger partial charge in [0, 0.05) is 49.5 Å². The van der Waals surface area contributed by atoms with Gasteiger partial charge >= 0.3 is 0 Å². The minimum absolute atomic E-state index is 0.0443. The van der Waals surface area contributed by atoms with E-state index in [1.54, 1.807) is 0 Å². The van der Waals surface area contributed by atoms with Crippen LogP contribution in [0, 0.1) is 5.41 Å². The maximum Gasteiger partial charge on any atom is 0.242 e. The molecule has 0 radical (unpaired) electrons.